The number of hydrogen-bond acceptors (Lipinski definition) is 2. The SMILES string of the molecule is CNC(=O)[C@@]1(C)CC[C@@H](N)C1. The summed E-state index contributed by atoms with van der Waals surface area (Å²) in [6.07, 6.45) is 2.73. The van der Waals surface area contributed by atoms with Gasteiger partial charge in [-0.1, -0.05) is 6.92 Å². The second-order valence-electron chi connectivity index (χ2n) is 3.64. The van der Waals surface area contributed by atoms with Crippen molar-refractivity contribution in [3.05, 3.63) is 0 Å². The van der Waals surface area contributed by atoms with Crippen molar-refractivity contribution in [1.82, 2.24) is 5.32 Å². The van der Waals surface area contributed by atoms with E-state index in [1.807, 2.05) is 6.92 Å². The third-order valence-electron chi connectivity index (χ3n) is 2.55. The molecule has 3 N–H and O–H groups in total. The van der Waals surface area contributed by atoms with Crippen molar-refractivity contribution in [2.45, 2.75) is 32.2 Å². The molecule has 0 bridgehead atoms. The number of amides is 1. The smallest absolute Gasteiger partial charge is 0.225 e. The fourth-order valence-corrected chi connectivity index (χ4v) is 1.79. The Morgan fingerprint density at radius 1 is 1.73 bits per heavy atom. The van der Waals surface area contributed by atoms with Gasteiger partial charge in [0, 0.05) is 18.5 Å². The molecule has 0 aromatic rings. The summed E-state index contributed by atoms with van der Waals surface area (Å²) in [4.78, 5) is 11.3. The maximum absolute atomic E-state index is 11.3. The molecule has 1 amide bonds. The highest BCUT2D eigenvalue weighted by molar-refractivity contribution is 5.82. The fourth-order valence-electron chi connectivity index (χ4n) is 1.79. The summed E-state index contributed by atoms with van der Waals surface area (Å²) in [7, 11) is 1.68. The minimum Gasteiger partial charge on any atom is -0.359 e. The lowest BCUT2D eigenvalue weighted by molar-refractivity contribution is -0.129. The van der Waals surface area contributed by atoms with Crippen LogP contribution in [0, 0.1) is 5.41 Å². The minimum atomic E-state index is -0.200. The first-order valence-electron chi connectivity index (χ1n) is 4.06. The van der Waals surface area contributed by atoms with Gasteiger partial charge in [-0.15, -0.1) is 0 Å². The van der Waals surface area contributed by atoms with Gasteiger partial charge in [0.25, 0.3) is 0 Å². The molecule has 2 atom stereocenters. The molecule has 64 valence electrons. The van der Waals surface area contributed by atoms with Gasteiger partial charge in [0.2, 0.25) is 5.91 Å². The minimum absolute atomic E-state index is 0.130. The van der Waals surface area contributed by atoms with Crippen molar-refractivity contribution >= 4 is 5.91 Å². The summed E-state index contributed by atoms with van der Waals surface area (Å²) in [5.41, 5.74) is 5.52. The number of nitrogens with two attached hydrogens (primary N) is 1. The van der Waals surface area contributed by atoms with Crippen LogP contribution in [0.3, 0.4) is 0 Å². The molecule has 0 aliphatic heterocycles. The Morgan fingerprint density at radius 2 is 2.36 bits per heavy atom. The molecule has 0 aromatic heterocycles. The van der Waals surface area contributed by atoms with Gasteiger partial charge in [-0.25, -0.2) is 0 Å². The Kier molecular flexibility index (Phi) is 2.18. The van der Waals surface area contributed by atoms with Gasteiger partial charge in [0.05, 0.1) is 0 Å². The predicted molar refractivity (Wildman–Crippen MR) is 44.0 cm³/mol. The third-order valence-corrected chi connectivity index (χ3v) is 2.55. The molecule has 1 saturated carbocycles. The largest absolute Gasteiger partial charge is 0.359 e. The number of nitrogens with one attached hydrogen (secondary N) is 1. The highest BCUT2D eigenvalue weighted by Gasteiger charge is 2.39. The zero-order valence-electron chi connectivity index (χ0n) is 7.18. The lowest BCUT2D eigenvalue weighted by Gasteiger charge is -2.20. The van der Waals surface area contributed by atoms with E-state index in [1.54, 1.807) is 7.05 Å². The highest BCUT2D eigenvalue weighted by Crippen LogP contribution is 2.36. The van der Waals surface area contributed by atoms with Crippen LogP contribution in [0.25, 0.3) is 0 Å². The molecule has 0 heterocycles. The molecule has 0 unspecified atom stereocenters. The van der Waals surface area contributed by atoms with E-state index in [0.717, 1.165) is 19.3 Å². The predicted octanol–water partition coefficient (Wildman–Crippen LogP) is 0.250. The summed E-state index contributed by atoms with van der Waals surface area (Å²) < 4.78 is 0. The highest BCUT2D eigenvalue weighted by atomic mass is 16.2. The van der Waals surface area contributed by atoms with Crippen molar-refractivity contribution < 1.29 is 4.79 Å². The topological polar surface area (TPSA) is 55.1 Å². The van der Waals surface area contributed by atoms with Gasteiger partial charge in [-0.2, -0.15) is 0 Å². The van der Waals surface area contributed by atoms with E-state index in [2.05, 4.69) is 5.32 Å². The van der Waals surface area contributed by atoms with Gasteiger partial charge in [0.15, 0.2) is 0 Å². The Labute approximate surface area is 67.3 Å². The molecule has 1 rings (SSSR count). The molecule has 3 nitrogen and oxygen atoms in total. The monoisotopic (exact) mass is 156 g/mol. The van der Waals surface area contributed by atoms with Crippen LogP contribution < -0.4 is 11.1 Å². The van der Waals surface area contributed by atoms with Crippen LogP contribution in [-0.4, -0.2) is 19.0 Å². The van der Waals surface area contributed by atoms with E-state index in [0.29, 0.717) is 0 Å². The number of rotatable bonds is 1. The van der Waals surface area contributed by atoms with Crippen molar-refractivity contribution in [3.8, 4) is 0 Å². The summed E-state index contributed by atoms with van der Waals surface area (Å²) in [6, 6.07) is 0.220. The van der Waals surface area contributed by atoms with Crippen molar-refractivity contribution in [3.63, 3.8) is 0 Å². The second-order valence-corrected chi connectivity index (χ2v) is 3.64. The molecular weight excluding hydrogens is 140 g/mol. The molecule has 1 fully saturated rings. The van der Waals surface area contributed by atoms with Crippen LogP contribution in [0.4, 0.5) is 0 Å². The van der Waals surface area contributed by atoms with Crippen LogP contribution in [-0.2, 0) is 4.79 Å². The molecule has 0 saturated heterocycles. The van der Waals surface area contributed by atoms with Crippen molar-refractivity contribution in [2.24, 2.45) is 11.1 Å². The van der Waals surface area contributed by atoms with Gasteiger partial charge >= 0.3 is 0 Å². The Morgan fingerprint density at radius 3 is 2.73 bits per heavy atom. The summed E-state index contributed by atoms with van der Waals surface area (Å²) >= 11 is 0. The van der Waals surface area contributed by atoms with Gasteiger partial charge in [-0.05, 0) is 19.3 Å². The number of carbonyl (C=O) groups is 1. The zero-order chi connectivity index (χ0) is 8.48. The number of carbonyl (C=O) groups excluding carboxylic acids is 1. The van der Waals surface area contributed by atoms with E-state index in [4.69, 9.17) is 5.73 Å². The van der Waals surface area contributed by atoms with E-state index in [-0.39, 0.29) is 17.4 Å². The van der Waals surface area contributed by atoms with Gasteiger partial charge in [0.1, 0.15) is 0 Å². The molecule has 0 radical (unpaired) electrons. The van der Waals surface area contributed by atoms with E-state index >= 15 is 0 Å². The molecule has 0 spiro atoms. The van der Waals surface area contributed by atoms with E-state index in [1.165, 1.54) is 0 Å². The van der Waals surface area contributed by atoms with Gasteiger partial charge < -0.3 is 11.1 Å². The fraction of sp³-hybridized carbons (Fsp3) is 0.875. The quantitative estimate of drug-likeness (QED) is 0.571. The lowest BCUT2D eigenvalue weighted by atomic mass is 9.87. The van der Waals surface area contributed by atoms with Crippen LogP contribution in [0.15, 0.2) is 0 Å². The summed E-state index contributed by atoms with van der Waals surface area (Å²) in [6.45, 7) is 1.98. The zero-order valence-corrected chi connectivity index (χ0v) is 7.18. The standard InChI is InChI=1S/C8H16N2O/c1-8(7(11)10-2)4-3-6(9)5-8/h6H,3-5,9H2,1-2H3,(H,10,11)/t6-,8+/m1/s1. The first kappa shape index (κ1) is 8.53. The van der Waals surface area contributed by atoms with Gasteiger partial charge in [-0.3, -0.25) is 4.79 Å². The molecule has 0 aromatic carbocycles. The Balaban J connectivity index is 2.61. The third kappa shape index (κ3) is 1.53. The van der Waals surface area contributed by atoms with E-state index < -0.39 is 0 Å². The molecular formula is C8H16N2O. The summed E-state index contributed by atoms with van der Waals surface area (Å²) in [5, 5.41) is 2.67. The average molecular weight is 156 g/mol. The lowest BCUT2D eigenvalue weighted by Crippen LogP contribution is -2.35. The second kappa shape index (κ2) is 2.81. The molecule has 1 aliphatic rings. The normalized spacial score (nSPS) is 37.2. The van der Waals surface area contributed by atoms with Crippen LogP contribution in [0.2, 0.25) is 0 Å². The van der Waals surface area contributed by atoms with Crippen LogP contribution >= 0.6 is 0 Å². The average Bonchev–Trinajstić information content (AvgIpc) is 2.31. The Bertz CT molecular complexity index is 169. The van der Waals surface area contributed by atoms with Crippen molar-refractivity contribution in [1.29, 1.82) is 0 Å². The van der Waals surface area contributed by atoms with E-state index in [9.17, 15) is 4.79 Å². The number of hydrogen-bond donors (Lipinski definition) is 2. The van der Waals surface area contributed by atoms with Crippen LogP contribution in [0.1, 0.15) is 26.2 Å². The molecule has 3 heteroatoms. The molecule has 11 heavy (non-hydrogen) atoms. The maximum Gasteiger partial charge on any atom is 0.225 e. The van der Waals surface area contributed by atoms with Crippen molar-refractivity contribution in [2.75, 3.05) is 7.05 Å². The summed E-state index contributed by atoms with van der Waals surface area (Å²) in [5.74, 6) is 0.130. The molecule has 1 aliphatic carbocycles. The first-order valence-corrected chi connectivity index (χ1v) is 4.06. The van der Waals surface area contributed by atoms with Crippen LogP contribution in [0.5, 0.6) is 0 Å². The first-order chi connectivity index (χ1) is 5.08. The maximum atomic E-state index is 11.3. The Hall–Kier alpha value is -0.570.